The molecular weight excluding hydrogens is 517 g/mol. The fourth-order valence-electron chi connectivity index (χ4n) is 7.04. The largest absolute Gasteiger partial charge is 0.497 e. The van der Waals surface area contributed by atoms with Crippen LogP contribution in [0, 0.1) is 18.2 Å². The lowest BCUT2D eigenvalue weighted by Gasteiger charge is -2.37. The number of ketones is 3. The Morgan fingerprint density at radius 2 is 1.59 bits per heavy atom. The monoisotopic (exact) mass is 543 g/mol. The van der Waals surface area contributed by atoms with E-state index in [0.717, 1.165) is 11.1 Å². The summed E-state index contributed by atoms with van der Waals surface area (Å²) in [5.41, 5.74) is 2.45. The lowest BCUT2D eigenvalue weighted by molar-refractivity contribution is 0.0666. The number of halogens is 1. The summed E-state index contributed by atoms with van der Waals surface area (Å²) in [6, 6.07) is 24.2. The molecule has 41 heavy (non-hydrogen) atoms. The van der Waals surface area contributed by atoms with Crippen LogP contribution in [0.2, 0.25) is 0 Å². The van der Waals surface area contributed by atoms with Crippen LogP contribution in [0.15, 0.2) is 97.1 Å². The average Bonchev–Trinajstić information content (AvgIpc) is 3.43. The zero-order valence-electron chi connectivity index (χ0n) is 22.5. The van der Waals surface area contributed by atoms with E-state index in [4.69, 9.17) is 4.74 Å². The molecule has 0 amide bonds. The maximum Gasteiger partial charge on any atom is 0.186 e. The van der Waals surface area contributed by atoms with E-state index in [2.05, 4.69) is 0 Å². The van der Waals surface area contributed by atoms with Gasteiger partial charge < -0.3 is 9.64 Å². The van der Waals surface area contributed by atoms with E-state index in [1.807, 2.05) is 36.1 Å². The molecule has 7 rings (SSSR count). The first-order valence-electron chi connectivity index (χ1n) is 13.6. The summed E-state index contributed by atoms with van der Waals surface area (Å²) in [5, 5.41) is 0. The number of carbonyl (C=O) groups is 3. The van der Waals surface area contributed by atoms with Crippen molar-refractivity contribution in [2.45, 2.75) is 24.9 Å². The van der Waals surface area contributed by atoms with E-state index >= 15 is 0 Å². The van der Waals surface area contributed by atoms with Crippen LogP contribution in [0.5, 0.6) is 5.75 Å². The standard InChI is InChI=1S/C35H26FNO4/c1-20-10-12-21(13-11-20)30-31(32(38)23-6-5-7-25(19-23)41-2)37-28-16-15-24(36)18-22(28)14-17-29(37)35(30)33(39)26-8-3-4-9-27(26)34(35)40/h3-19,29-31H,1-2H3/t29-,30+,31+/m1/s1. The molecule has 0 bridgehead atoms. The third-order valence-electron chi connectivity index (χ3n) is 8.83. The van der Waals surface area contributed by atoms with Gasteiger partial charge in [-0.2, -0.15) is 0 Å². The molecule has 1 aliphatic carbocycles. The molecule has 0 radical (unpaired) electrons. The van der Waals surface area contributed by atoms with Crippen LogP contribution in [0.4, 0.5) is 10.1 Å². The average molecular weight is 544 g/mol. The summed E-state index contributed by atoms with van der Waals surface area (Å²) in [6.45, 7) is 1.96. The van der Waals surface area contributed by atoms with Crippen molar-refractivity contribution in [3.63, 3.8) is 0 Å². The number of benzene rings is 4. The van der Waals surface area contributed by atoms with Gasteiger partial charge in [0.05, 0.1) is 13.2 Å². The van der Waals surface area contributed by atoms with Gasteiger partial charge in [0, 0.05) is 33.9 Å². The second-order valence-corrected chi connectivity index (χ2v) is 10.9. The summed E-state index contributed by atoms with van der Waals surface area (Å²) in [7, 11) is 1.53. The minimum Gasteiger partial charge on any atom is -0.497 e. The van der Waals surface area contributed by atoms with Gasteiger partial charge in [-0.1, -0.05) is 78.4 Å². The molecule has 1 spiro atoms. The van der Waals surface area contributed by atoms with Crippen LogP contribution in [-0.4, -0.2) is 36.5 Å². The van der Waals surface area contributed by atoms with Crippen LogP contribution in [0.3, 0.4) is 0 Å². The lowest BCUT2D eigenvalue weighted by atomic mass is 9.64. The highest BCUT2D eigenvalue weighted by atomic mass is 19.1. The summed E-state index contributed by atoms with van der Waals surface area (Å²) in [5.74, 6) is -1.55. The molecular formula is C35H26FNO4. The molecule has 4 aromatic rings. The maximum atomic E-state index is 14.7. The Morgan fingerprint density at radius 3 is 2.27 bits per heavy atom. The molecule has 6 heteroatoms. The number of methoxy groups -OCH3 is 1. The van der Waals surface area contributed by atoms with Crippen molar-refractivity contribution in [1.29, 1.82) is 0 Å². The Kier molecular flexibility index (Phi) is 5.58. The van der Waals surface area contributed by atoms with E-state index in [-0.39, 0.29) is 17.3 Å². The topological polar surface area (TPSA) is 63.7 Å². The van der Waals surface area contributed by atoms with E-state index in [1.54, 1.807) is 66.7 Å². The van der Waals surface area contributed by atoms with Gasteiger partial charge in [0.25, 0.3) is 0 Å². The molecule has 2 heterocycles. The zero-order valence-corrected chi connectivity index (χ0v) is 22.5. The normalized spacial score (nSPS) is 21.5. The van der Waals surface area contributed by atoms with Crippen molar-refractivity contribution in [1.82, 2.24) is 0 Å². The van der Waals surface area contributed by atoms with Gasteiger partial charge in [0.1, 0.15) is 23.0 Å². The predicted molar refractivity (Wildman–Crippen MR) is 154 cm³/mol. The number of ether oxygens (including phenoxy) is 1. The van der Waals surface area contributed by atoms with Crippen molar-refractivity contribution in [2.24, 2.45) is 5.41 Å². The number of carbonyl (C=O) groups excluding carboxylic acids is 3. The molecule has 4 aromatic carbocycles. The van der Waals surface area contributed by atoms with Crippen LogP contribution in [0.25, 0.3) is 6.08 Å². The van der Waals surface area contributed by atoms with Gasteiger partial charge in [-0.3, -0.25) is 14.4 Å². The number of hydrogen-bond donors (Lipinski definition) is 0. The van der Waals surface area contributed by atoms with Crippen LogP contribution in [-0.2, 0) is 0 Å². The summed E-state index contributed by atoms with van der Waals surface area (Å²) in [4.78, 5) is 45.9. The zero-order chi connectivity index (χ0) is 28.5. The molecule has 0 N–H and O–H groups in total. The van der Waals surface area contributed by atoms with Gasteiger partial charge in [-0.15, -0.1) is 0 Å². The molecule has 202 valence electrons. The van der Waals surface area contributed by atoms with Crippen molar-refractivity contribution < 1.29 is 23.5 Å². The number of Topliss-reactive ketones (excluding diaryl/α,β-unsaturated/α-hetero) is 3. The maximum absolute atomic E-state index is 14.7. The number of aryl methyl sites for hydroxylation is 1. The van der Waals surface area contributed by atoms with E-state index in [9.17, 15) is 18.8 Å². The Labute approximate surface area is 236 Å². The number of fused-ring (bicyclic) bond motifs is 5. The van der Waals surface area contributed by atoms with Crippen molar-refractivity contribution in [2.75, 3.05) is 12.0 Å². The molecule has 0 aromatic heterocycles. The van der Waals surface area contributed by atoms with Gasteiger partial charge in [0.15, 0.2) is 17.3 Å². The molecule has 1 fully saturated rings. The molecule has 1 saturated heterocycles. The van der Waals surface area contributed by atoms with Crippen molar-refractivity contribution >= 4 is 29.1 Å². The first kappa shape index (κ1) is 25.1. The first-order chi connectivity index (χ1) is 19.9. The minimum atomic E-state index is -1.60. The Morgan fingerprint density at radius 1 is 0.878 bits per heavy atom. The molecule has 0 saturated carbocycles. The number of nitrogens with zero attached hydrogens (tertiary/aromatic N) is 1. The fraction of sp³-hybridized carbons (Fsp3) is 0.171. The van der Waals surface area contributed by atoms with Crippen LogP contribution < -0.4 is 9.64 Å². The SMILES string of the molecule is COc1cccc(C(=O)[C@@H]2[C@H](c3ccc(C)cc3)C3(C(=O)c4ccccc4C3=O)[C@H]3C=Cc4cc(F)ccc4N23)c1. The first-order valence-corrected chi connectivity index (χ1v) is 13.6. The van der Waals surface area contributed by atoms with Gasteiger partial charge in [-0.25, -0.2) is 4.39 Å². The number of anilines is 1. The van der Waals surface area contributed by atoms with Gasteiger partial charge >= 0.3 is 0 Å². The van der Waals surface area contributed by atoms with Crippen LogP contribution in [0.1, 0.15) is 53.7 Å². The molecule has 3 atom stereocenters. The molecule has 0 unspecified atom stereocenters. The van der Waals surface area contributed by atoms with E-state index in [1.165, 1.54) is 19.2 Å². The number of hydrogen-bond acceptors (Lipinski definition) is 5. The van der Waals surface area contributed by atoms with Gasteiger partial charge in [-0.05, 0) is 42.8 Å². The summed E-state index contributed by atoms with van der Waals surface area (Å²) < 4.78 is 19.8. The third-order valence-corrected chi connectivity index (χ3v) is 8.83. The minimum absolute atomic E-state index is 0.251. The summed E-state index contributed by atoms with van der Waals surface area (Å²) >= 11 is 0. The molecule has 3 aliphatic rings. The summed E-state index contributed by atoms with van der Waals surface area (Å²) in [6.07, 6.45) is 3.55. The highest BCUT2D eigenvalue weighted by Gasteiger charge is 2.71. The highest BCUT2D eigenvalue weighted by molar-refractivity contribution is 6.32. The van der Waals surface area contributed by atoms with E-state index in [0.29, 0.717) is 33.7 Å². The Hall–Kier alpha value is -4.84. The lowest BCUT2D eigenvalue weighted by Crippen LogP contribution is -2.48. The Balaban J connectivity index is 1.54. The molecule has 5 nitrogen and oxygen atoms in total. The Bertz CT molecular complexity index is 1760. The quantitative estimate of drug-likeness (QED) is 0.218. The molecule has 2 aliphatic heterocycles. The van der Waals surface area contributed by atoms with Crippen LogP contribution >= 0.6 is 0 Å². The van der Waals surface area contributed by atoms with Gasteiger partial charge in [0.2, 0.25) is 0 Å². The smallest absolute Gasteiger partial charge is 0.186 e. The van der Waals surface area contributed by atoms with Crippen molar-refractivity contribution in [3.05, 3.63) is 136 Å². The second kappa shape index (κ2) is 9.10. The highest BCUT2D eigenvalue weighted by Crippen LogP contribution is 2.61. The fourth-order valence-corrected chi connectivity index (χ4v) is 7.04. The third kappa shape index (κ3) is 3.43. The van der Waals surface area contributed by atoms with Crippen molar-refractivity contribution in [3.8, 4) is 5.75 Å². The predicted octanol–water partition coefficient (Wildman–Crippen LogP) is 6.46. The second-order valence-electron chi connectivity index (χ2n) is 10.9. The number of rotatable bonds is 4. The van der Waals surface area contributed by atoms with E-state index < -0.39 is 29.2 Å².